The van der Waals surface area contributed by atoms with Crippen molar-refractivity contribution in [3.05, 3.63) is 50.9 Å². The van der Waals surface area contributed by atoms with Crippen LogP contribution < -0.4 is 5.32 Å². The molecule has 1 aliphatic carbocycles. The first kappa shape index (κ1) is 21.3. The van der Waals surface area contributed by atoms with Gasteiger partial charge in [0.05, 0.1) is 17.1 Å². The lowest BCUT2D eigenvalue weighted by molar-refractivity contribution is -0.131. The van der Waals surface area contributed by atoms with Crippen LogP contribution >= 0.6 is 22.9 Å². The summed E-state index contributed by atoms with van der Waals surface area (Å²) >= 11 is 7.72. The highest BCUT2D eigenvalue weighted by molar-refractivity contribution is 7.09. The maximum absolute atomic E-state index is 12.8. The van der Waals surface area contributed by atoms with Crippen LogP contribution in [0.4, 0.5) is 0 Å². The average Bonchev–Trinajstić information content (AvgIpc) is 3.16. The average molecular weight is 446 g/mol. The normalized spacial score (nSPS) is 19.4. The van der Waals surface area contributed by atoms with E-state index in [1.807, 2.05) is 29.2 Å². The molecule has 1 saturated heterocycles. The second-order valence-electron chi connectivity index (χ2n) is 8.33. The van der Waals surface area contributed by atoms with Crippen molar-refractivity contribution in [2.75, 3.05) is 19.6 Å². The van der Waals surface area contributed by atoms with Crippen LogP contribution in [0.1, 0.15) is 54.3 Å². The number of rotatable bonds is 7. The van der Waals surface area contributed by atoms with Crippen molar-refractivity contribution < 1.29 is 9.59 Å². The van der Waals surface area contributed by atoms with Crippen LogP contribution in [-0.2, 0) is 22.4 Å². The number of hydrogen-bond acceptors (Lipinski definition) is 4. The number of carbonyl (C=O) groups excluding carboxylic acids is 2. The maximum atomic E-state index is 12.8. The summed E-state index contributed by atoms with van der Waals surface area (Å²) < 4.78 is 0. The first-order chi connectivity index (χ1) is 14.6. The molecule has 7 heteroatoms. The summed E-state index contributed by atoms with van der Waals surface area (Å²) in [5, 5.41) is 6.90. The molecule has 30 heavy (non-hydrogen) atoms. The molecule has 1 aliphatic heterocycles. The molecular weight excluding hydrogens is 418 g/mol. The molecule has 0 radical (unpaired) electrons. The number of piperidine rings is 1. The Bertz CT molecular complexity index is 896. The summed E-state index contributed by atoms with van der Waals surface area (Å²) in [4.78, 5) is 31.5. The summed E-state index contributed by atoms with van der Waals surface area (Å²) in [6.45, 7) is 2.18. The number of amides is 2. The van der Waals surface area contributed by atoms with Gasteiger partial charge in [-0.15, -0.1) is 11.3 Å². The maximum Gasteiger partial charge on any atom is 0.227 e. The topological polar surface area (TPSA) is 62.3 Å². The highest BCUT2D eigenvalue weighted by Crippen LogP contribution is 2.30. The van der Waals surface area contributed by atoms with Crippen LogP contribution in [-0.4, -0.2) is 41.3 Å². The lowest BCUT2D eigenvalue weighted by atomic mass is 9.85. The van der Waals surface area contributed by atoms with Gasteiger partial charge in [0.25, 0.3) is 0 Å². The molecule has 0 bridgehead atoms. The summed E-state index contributed by atoms with van der Waals surface area (Å²) in [7, 11) is 0. The van der Waals surface area contributed by atoms with Crippen LogP contribution in [0.5, 0.6) is 0 Å². The van der Waals surface area contributed by atoms with E-state index < -0.39 is 0 Å². The van der Waals surface area contributed by atoms with Crippen molar-refractivity contribution in [3.8, 4) is 0 Å². The van der Waals surface area contributed by atoms with Crippen molar-refractivity contribution >= 4 is 34.8 Å². The first-order valence-electron chi connectivity index (χ1n) is 10.8. The third kappa shape index (κ3) is 5.41. The van der Waals surface area contributed by atoms with Gasteiger partial charge < -0.3 is 10.2 Å². The van der Waals surface area contributed by atoms with Gasteiger partial charge in [-0.2, -0.15) is 0 Å². The zero-order valence-electron chi connectivity index (χ0n) is 17.1. The molecule has 1 aromatic carbocycles. The van der Waals surface area contributed by atoms with E-state index in [-0.39, 0.29) is 17.7 Å². The predicted octanol–water partition coefficient (Wildman–Crippen LogP) is 4.20. The van der Waals surface area contributed by atoms with E-state index in [4.69, 9.17) is 16.6 Å². The predicted molar refractivity (Wildman–Crippen MR) is 120 cm³/mol. The molecule has 2 aromatic rings. The van der Waals surface area contributed by atoms with E-state index in [0.717, 1.165) is 61.5 Å². The van der Waals surface area contributed by atoms with Crippen molar-refractivity contribution in [2.45, 2.75) is 50.9 Å². The van der Waals surface area contributed by atoms with Gasteiger partial charge in [-0.1, -0.05) is 30.2 Å². The molecule has 1 saturated carbocycles. The lowest BCUT2D eigenvalue weighted by Crippen LogP contribution is -2.40. The van der Waals surface area contributed by atoms with E-state index in [1.54, 1.807) is 11.3 Å². The molecule has 2 heterocycles. The highest BCUT2D eigenvalue weighted by atomic mass is 35.5. The van der Waals surface area contributed by atoms with Gasteiger partial charge in [0.15, 0.2) is 0 Å². The summed E-state index contributed by atoms with van der Waals surface area (Å²) in [5.41, 5.74) is 1.99. The van der Waals surface area contributed by atoms with Gasteiger partial charge in [-0.05, 0) is 43.4 Å². The highest BCUT2D eigenvalue weighted by Gasteiger charge is 2.27. The minimum atomic E-state index is 0.150. The van der Waals surface area contributed by atoms with Crippen LogP contribution in [0.3, 0.4) is 0 Å². The van der Waals surface area contributed by atoms with Crippen molar-refractivity contribution in [3.63, 3.8) is 0 Å². The largest absolute Gasteiger partial charge is 0.355 e. The van der Waals surface area contributed by atoms with Crippen LogP contribution in [0.15, 0.2) is 29.6 Å². The number of thiazole rings is 1. The van der Waals surface area contributed by atoms with Gasteiger partial charge in [-0.25, -0.2) is 4.98 Å². The summed E-state index contributed by atoms with van der Waals surface area (Å²) in [6, 6.07) is 7.51. The number of halogens is 1. The third-order valence-electron chi connectivity index (χ3n) is 6.09. The molecule has 2 aliphatic rings. The SMILES string of the molecule is O=C(NCCc1csc([C@@H]2CCCN(C(=O)Cc3cccc(Cl)c3)C2)n1)C1CCC1. The fraction of sp³-hybridized carbons (Fsp3) is 0.522. The van der Waals surface area contributed by atoms with Crippen molar-refractivity contribution in [1.82, 2.24) is 15.2 Å². The van der Waals surface area contributed by atoms with E-state index in [9.17, 15) is 9.59 Å². The standard InChI is InChI=1S/C23H28ClN3O2S/c24-19-8-1-4-16(12-19)13-21(28)27-11-3-7-18(14-27)23-26-20(15-30-23)9-10-25-22(29)17-5-2-6-17/h1,4,8,12,15,17-18H,2-3,5-7,9-11,13-14H2,(H,25,29)/t18-/m1/s1. The van der Waals surface area contributed by atoms with Crippen molar-refractivity contribution in [2.24, 2.45) is 5.92 Å². The fourth-order valence-electron chi connectivity index (χ4n) is 4.09. The summed E-state index contributed by atoms with van der Waals surface area (Å²) in [5.74, 6) is 0.870. The Balaban J connectivity index is 1.27. The van der Waals surface area contributed by atoms with Crippen LogP contribution in [0.25, 0.3) is 0 Å². The molecule has 2 fully saturated rings. The number of nitrogens with one attached hydrogen (secondary N) is 1. The van der Waals surface area contributed by atoms with E-state index in [2.05, 4.69) is 10.7 Å². The molecule has 1 aromatic heterocycles. The Kier molecular flexibility index (Phi) is 7.05. The number of aromatic nitrogens is 1. The second kappa shape index (κ2) is 9.92. The molecule has 1 atom stereocenters. The Morgan fingerprint density at radius 2 is 2.10 bits per heavy atom. The smallest absolute Gasteiger partial charge is 0.227 e. The Morgan fingerprint density at radius 1 is 1.23 bits per heavy atom. The monoisotopic (exact) mass is 445 g/mol. The first-order valence-corrected chi connectivity index (χ1v) is 12.1. The zero-order valence-corrected chi connectivity index (χ0v) is 18.7. The fourth-order valence-corrected chi connectivity index (χ4v) is 5.29. The van der Waals surface area contributed by atoms with E-state index in [1.165, 1.54) is 6.42 Å². The zero-order chi connectivity index (χ0) is 20.9. The molecule has 0 unspecified atom stereocenters. The molecule has 0 spiro atoms. The van der Waals surface area contributed by atoms with Crippen molar-refractivity contribution in [1.29, 1.82) is 0 Å². The van der Waals surface area contributed by atoms with Gasteiger partial charge in [0.1, 0.15) is 0 Å². The van der Waals surface area contributed by atoms with Crippen LogP contribution in [0, 0.1) is 5.92 Å². The molecule has 2 amide bonds. The molecule has 160 valence electrons. The minimum absolute atomic E-state index is 0.150. The summed E-state index contributed by atoms with van der Waals surface area (Å²) in [6.07, 6.45) is 6.44. The number of carbonyl (C=O) groups is 2. The Hall–Kier alpha value is -1.92. The van der Waals surface area contributed by atoms with E-state index in [0.29, 0.717) is 23.9 Å². The van der Waals surface area contributed by atoms with Crippen LogP contribution in [0.2, 0.25) is 5.02 Å². The quantitative estimate of drug-likeness (QED) is 0.694. The van der Waals surface area contributed by atoms with E-state index >= 15 is 0 Å². The number of hydrogen-bond donors (Lipinski definition) is 1. The third-order valence-corrected chi connectivity index (χ3v) is 7.38. The molecular formula is C23H28ClN3O2S. The van der Waals surface area contributed by atoms with Gasteiger partial charge >= 0.3 is 0 Å². The second-order valence-corrected chi connectivity index (χ2v) is 9.66. The number of likely N-dealkylation sites (tertiary alicyclic amines) is 1. The van der Waals surface area contributed by atoms with Gasteiger partial charge in [0.2, 0.25) is 11.8 Å². The van der Waals surface area contributed by atoms with Gasteiger partial charge in [-0.3, -0.25) is 9.59 Å². The van der Waals surface area contributed by atoms with Gasteiger partial charge in [0, 0.05) is 48.3 Å². The Morgan fingerprint density at radius 3 is 2.87 bits per heavy atom. The number of nitrogens with zero attached hydrogens (tertiary/aromatic N) is 2. The molecule has 1 N–H and O–H groups in total. The molecule has 5 nitrogen and oxygen atoms in total. The number of benzene rings is 1. The lowest BCUT2D eigenvalue weighted by Gasteiger charge is -2.32. The minimum Gasteiger partial charge on any atom is -0.355 e. The Labute approximate surface area is 186 Å². The molecule has 4 rings (SSSR count).